The van der Waals surface area contributed by atoms with Crippen LogP contribution in [0.1, 0.15) is 23.4 Å². The van der Waals surface area contributed by atoms with Crippen LogP contribution in [0, 0.1) is 0 Å². The van der Waals surface area contributed by atoms with E-state index in [0.29, 0.717) is 6.04 Å². The zero-order valence-corrected chi connectivity index (χ0v) is 14.6. The van der Waals surface area contributed by atoms with Crippen molar-refractivity contribution in [1.29, 1.82) is 0 Å². The fraction of sp³-hybridized carbons (Fsp3) is 0.350. The maximum Gasteiger partial charge on any atom is 0.0543 e. The molecule has 3 aromatic rings. The number of thiophene rings is 1. The Morgan fingerprint density at radius 2 is 2.08 bits per heavy atom. The molecule has 3 nitrogen and oxygen atoms in total. The van der Waals surface area contributed by atoms with Crippen molar-refractivity contribution < 1.29 is 0 Å². The summed E-state index contributed by atoms with van der Waals surface area (Å²) < 4.78 is 1.38. The summed E-state index contributed by atoms with van der Waals surface area (Å²) in [5, 5.41) is 5.12. The van der Waals surface area contributed by atoms with Gasteiger partial charge in [-0.25, -0.2) is 0 Å². The number of piperidine rings is 1. The highest BCUT2D eigenvalue weighted by molar-refractivity contribution is 7.19. The van der Waals surface area contributed by atoms with Gasteiger partial charge in [-0.3, -0.25) is 9.88 Å². The van der Waals surface area contributed by atoms with E-state index >= 15 is 0 Å². The molecule has 4 heteroatoms. The van der Waals surface area contributed by atoms with Crippen LogP contribution in [-0.2, 0) is 13.1 Å². The van der Waals surface area contributed by atoms with Crippen LogP contribution < -0.4 is 5.32 Å². The second kappa shape index (κ2) is 7.43. The molecule has 1 saturated heterocycles. The van der Waals surface area contributed by atoms with Crippen LogP contribution >= 0.6 is 11.3 Å². The van der Waals surface area contributed by atoms with E-state index in [-0.39, 0.29) is 0 Å². The monoisotopic (exact) mass is 337 g/mol. The van der Waals surface area contributed by atoms with Crippen molar-refractivity contribution in [2.45, 2.75) is 32.0 Å². The molecule has 1 N–H and O–H groups in total. The molecule has 0 spiro atoms. The predicted octanol–water partition coefficient (Wildman–Crippen LogP) is 4.05. The number of nitrogens with zero attached hydrogens (tertiary/aromatic N) is 2. The highest BCUT2D eigenvalue weighted by Gasteiger charge is 2.20. The average molecular weight is 337 g/mol. The van der Waals surface area contributed by atoms with Crippen molar-refractivity contribution in [2.24, 2.45) is 0 Å². The summed E-state index contributed by atoms with van der Waals surface area (Å²) in [5.74, 6) is 0. The fourth-order valence-corrected chi connectivity index (χ4v) is 4.47. The Bertz CT molecular complexity index is 751. The van der Waals surface area contributed by atoms with E-state index in [0.717, 1.165) is 19.6 Å². The molecule has 124 valence electrons. The Balaban J connectivity index is 1.33. The van der Waals surface area contributed by atoms with Crippen molar-refractivity contribution in [2.75, 3.05) is 13.1 Å². The Morgan fingerprint density at radius 1 is 1.17 bits per heavy atom. The van der Waals surface area contributed by atoms with Gasteiger partial charge in [0, 0.05) is 41.5 Å². The quantitative estimate of drug-likeness (QED) is 0.761. The summed E-state index contributed by atoms with van der Waals surface area (Å²) in [4.78, 5) is 8.41. The topological polar surface area (TPSA) is 28.2 Å². The first-order valence-electron chi connectivity index (χ1n) is 8.70. The molecule has 1 fully saturated rings. The van der Waals surface area contributed by atoms with Gasteiger partial charge in [0.15, 0.2) is 0 Å². The first-order valence-corrected chi connectivity index (χ1v) is 9.51. The lowest BCUT2D eigenvalue weighted by Crippen LogP contribution is -2.45. The van der Waals surface area contributed by atoms with Gasteiger partial charge >= 0.3 is 0 Å². The lowest BCUT2D eigenvalue weighted by atomic mass is 10.1. The molecule has 0 radical (unpaired) electrons. The Morgan fingerprint density at radius 3 is 2.96 bits per heavy atom. The van der Waals surface area contributed by atoms with Gasteiger partial charge in [-0.2, -0.15) is 0 Å². The van der Waals surface area contributed by atoms with E-state index < -0.39 is 0 Å². The number of pyridine rings is 1. The normalized spacial score (nSPS) is 18.9. The zero-order chi connectivity index (χ0) is 16.2. The van der Waals surface area contributed by atoms with Gasteiger partial charge in [-0.1, -0.05) is 24.3 Å². The van der Waals surface area contributed by atoms with Gasteiger partial charge in [-0.05, 0) is 49.0 Å². The second-order valence-electron chi connectivity index (χ2n) is 6.53. The highest BCUT2D eigenvalue weighted by atomic mass is 32.1. The van der Waals surface area contributed by atoms with Crippen molar-refractivity contribution in [3.05, 3.63) is 65.3 Å². The SMILES string of the molecule is c1ccc(CN2CCCC(NCc3cc4ccccc4s3)C2)nc1. The van der Waals surface area contributed by atoms with E-state index in [9.17, 15) is 0 Å². The van der Waals surface area contributed by atoms with Crippen LogP contribution in [-0.4, -0.2) is 29.0 Å². The number of hydrogen-bond acceptors (Lipinski definition) is 4. The molecule has 3 heterocycles. The van der Waals surface area contributed by atoms with E-state index in [1.54, 1.807) is 0 Å². The standard InChI is InChI=1S/C20H23N3S/c1-2-9-20-16(6-1)12-19(24-20)13-22-18-8-5-11-23(15-18)14-17-7-3-4-10-21-17/h1-4,6-7,9-10,12,18,22H,5,8,11,13-15H2. The van der Waals surface area contributed by atoms with Gasteiger partial charge in [0.1, 0.15) is 0 Å². The summed E-state index contributed by atoms with van der Waals surface area (Å²) in [5.41, 5.74) is 1.17. The number of rotatable bonds is 5. The third kappa shape index (κ3) is 3.83. The molecule has 1 unspecified atom stereocenters. The largest absolute Gasteiger partial charge is 0.308 e. The first-order chi connectivity index (χ1) is 11.9. The molecular formula is C20H23N3S. The minimum Gasteiger partial charge on any atom is -0.308 e. The van der Waals surface area contributed by atoms with Crippen LogP contribution in [0.4, 0.5) is 0 Å². The fourth-order valence-electron chi connectivity index (χ4n) is 3.46. The van der Waals surface area contributed by atoms with E-state index in [4.69, 9.17) is 0 Å². The van der Waals surface area contributed by atoms with Crippen molar-refractivity contribution in [3.8, 4) is 0 Å². The Hall–Kier alpha value is -1.75. The minimum atomic E-state index is 0.577. The van der Waals surface area contributed by atoms with E-state index in [2.05, 4.69) is 57.7 Å². The molecule has 1 aliphatic heterocycles. The van der Waals surface area contributed by atoms with Gasteiger partial charge in [0.2, 0.25) is 0 Å². The summed E-state index contributed by atoms with van der Waals surface area (Å²) in [6.45, 7) is 4.22. The first kappa shape index (κ1) is 15.8. The molecule has 1 aromatic carbocycles. The molecule has 24 heavy (non-hydrogen) atoms. The van der Waals surface area contributed by atoms with Crippen molar-refractivity contribution in [1.82, 2.24) is 15.2 Å². The van der Waals surface area contributed by atoms with Crippen LogP contribution in [0.15, 0.2) is 54.7 Å². The van der Waals surface area contributed by atoms with Crippen LogP contribution in [0.2, 0.25) is 0 Å². The minimum absolute atomic E-state index is 0.577. The molecule has 2 aromatic heterocycles. The predicted molar refractivity (Wildman–Crippen MR) is 101 cm³/mol. The number of likely N-dealkylation sites (tertiary alicyclic amines) is 1. The molecule has 0 aliphatic carbocycles. The molecule has 0 saturated carbocycles. The third-order valence-corrected chi connectivity index (χ3v) is 5.77. The zero-order valence-electron chi connectivity index (χ0n) is 13.8. The Kier molecular flexibility index (Phi) is 4.88. The maximum absolute atomic E-state index is 4.46. The second-order valence-corrected chi connectivity index (χ2v) is 7.70. The van der Waals surface area contributed by atoms with Crippen molar-refractivity contribution in [3.63, 3.8) is 0 Å². The van der Waals surface area contributed by atoms with E-state index in [1.165, 1.54) is 40.0 Å². The lowest BCUT2D eigenvalue weighted by Gasteiger charge is -2.33. The molecule has 4 rings (SSSR count). The number of hydrogen-bond donors (Lipinski definition) is 1. The van der Waals surface area contributed by atoms with Gasteiger partial charge < -0.3 is 5.32 Å². The summed E-state index contributed by atoms with van der Waals surface area (Å²) >= 11 is 1.90. The summed E-state index contributed by atoms with van der Waals surface area (Å²) in [6, 6.07) is 17.7. The average Bonchev–Trinajstić information content (AvgIpc) is 3.04. The lowest BCUT2D eigenvalue weighted by molar-refractivity contribution is 0.181. The number of fused-ring (bicyclic) bond motifs is 1. The number of aromatic nitrogens is 1. The maximum atomic E-state index is 4.46. The van der Waals surface area contributed by atoms with Crippen LogP contribution in [0.25, 0.3) is 10.1 Å². The summed E-state index contributed by atoms with van der Waals surface area (Å²) in [6.07, 6.45) is 4.41. The number of benzene rings is 1. The van der Waals surface area contributed by atoms with Crippen LogP contribution in [0.5, 0.6) is 0 Å². The summed E-state index contributed by atoms with van der Waals surface area (Å²) in [7, 11) is 0. The molecule has 1 aliphatic rings. The van der Waals surface area contributed by atoms with Gasteiger partial charge in [0.25, 0.3) is 0 Å². The third-order valence-electron chi connectivity index (χ3n) is 4.66. The number of nitrogens with one attached hydrogen (secondary N) is 1. The Labute approximate surface area is 147 Å². The van der Waals surface area contributed by atoms with Crippen LogP contribution in [0.3, 0.4) is 0 Å². The van der Waals surface area contributed by atoms with Gasteiger partial charge in [0.05, 0.1) is 5.69 Å². The molecule has 1 atom stereocenters. The highest BCUT2D eigenvalue weighted by Crippen LogP contribution is 2.25. The van der Waals surface area contributed by atoms with Gasteiger partial charge in [-0.15, -0.1) is 11.3 Å². The molecular weight excluding hydrogens is 314 g/mol. The van der Waals surface area contributed by atoms with E-state index in [1.807, 2.05) is 23.6 Å². The molecule has 0 amide bonds. The van der Waals surface area contributed by atoms with Crippen molar-refractivity contribution >= 4 is 21.4 Å². The molecule has 0 bridgehead atoms. The smallest absolute Gasteiger partial charge is 0.0543 e.